The number of fused-ring (bicyclic) bond motifs is 2. The number of rotatable bonds is 8. The van der Waals surface area contributed by atoms with E-state index in [0.29, 0.717) is 27.2 Å². The van der Waals surface area contributed by atoms with E-state index in [1.165, 1.54) is 27.4 Å². The van der Waals surface area contributed by atoms with Crippen LogP contribution in [0.5, 0.6) is 5.75 Å². The van der Waals surface area contributed by atoms with Crippen LogP contribution in [0.2, 0.25) is 10.0 Å². The second-order valence-electron chi connectivity index (χ2n) is 8.53. The molecular weight excluding hydrogens is 559 g/mol. The number of hydrogen-bond acceptors (Lipinski definition) is 7. The van der Waals surface area contributed by atoms with Crippen molar-refractivity contribution in [1.82, 2.24) is 14.0 Å². The van der Waals surface area contributed by atoms with Crippen molar-refractivity contribution in [2.24, 2.45) is 4.99 Å². The first-order valence-corrected chi connectivity index (χ1v) is 13.0. The van der Waals surface area contributed by atoms with Crippen molar-refractivity contribution in [3.05, 3.63) is 104 Å². The fraction of sp³-hybridized carbons (Fsp3) is 0.179. The zero-order valence-corrected chi connectivity index (χ0v) is 22.7. The van der Waals surface area contributed by atoms with Crippen LogP contribution in [0.1, 0.15) is 29.5 Å². The lowest BCUT2D eigenvalue weighted by molar-refractivity contribution is -0.118. The molecule has 0 N–H and O–H groups in total. The van der Waals surface area contributed by atoms with Crippen LogP contribution >= 0.6 is 23.2 Å². The van der Waals surface area contributed by atoms with Gasteiger partial charge in [0.05, 0.1) is 42.9 Å². The lowest BCUT2D eigenvalue weighted by Gasteiger charge is -2.14. The van der Waals surface area contributed by atoms with E-state index >= 15 is 0 Å². The molecule has 4 heterocycles. The summed E-state index contributed by atoms with van der Waals surface area (Å²) in [6.07, 6.45) is 2.94. The second kappa shape index (κ2) is 11.8. The summed E-state index contributed by atoms with van der Waals surface area (Å²) in [5.41, 5.74) is 0.110. The van der Waals surface area contributed by atoms with Crippen molar-refractivity contribution >= 4 is 51.8 Å². The minimum atomic E-state index is -0.745. The van der Waals surface area contributed by atoms with Gasteiger partial charge >= 0.3 is 5.97 Å². The van der Waals surface area contributed by atoms with Crippen molar-refractivity contribution in [2.45, 2.75) is 19.9 Å². The minimum Gasteiger partial charge on any atom is -0.491 e. The topological polar surface area (TPSA) is 117 Å². The summed E-state index contributed by atoms with van der Waals surface area (Å²) < 4.78 is 19.3. The summed E-state index contributed by atoms with van der Waals surface area (Å²) in [6, 6.07) is 14.7. The molecular formula is C28H22Cl2N4O6. The van der Waals surface area contributed by atoms with E-state index in [-0.39, 0.29) is 48.3 Å². The van der Waals surface area contributed by atoms with E-state index in [4.69, 9.17) is 37.1 Å². The average Bonchev–Trinajstić information content (AvgIpc) is 3.45. The Morgan fingerprint density at radius 2 is 1.95 bits per heavy atom. The molecule has 0 aliphatic rings. The molecule has 204 valence electrons. The van der Waals surface area contributed by atoms with Crippen LogP contribution in [0.15, 0.2) is 81.3 Å². The van der Waals surface area contributed by atoms with Gasteiger partial charge < -0.3 is 18.5 Å². The summed E-state index contributed by atoms with van der Waals surface area (Å²) in [5.74, 6) is -0.472. The third-order valence-electron chi connectivity index (χ3n) is 5.88. The van der Waals surface area contributed by atoms with Crippen molar-refractivity contribution < 1.29 is 23.5 Å². The van der Waals surface area contributed by atoms with Gasteiger partial charge in [-0.1, -0.05) is 29.3 Å². The third-order valence-corrected chi connectivity index (χ3v) is 6.41. The molecule has 0 unspecified atom stereocenters. The zero-order valence-electron chi connectivity index (χ0n) is 21.2. The Morgan fingerprint density at radius 3 is 2.70 bits per heavy atom. The Labute approximate surface area is 237 Å². The summed E-state index contributed by atoms with van der Waals surface area (Å²) in [7, 11) is 0. The highest BCUT2D eigenvalue weighted by atomic mass is 35.5. The van der Waals surface area contributed by atoms with E-state index in [9.17, 15) is 14.4 Å². The van der Waals surface area contributed by atoms with Gasteiger partial charge in [0.2, 0.25) is 0 Å². The quantitative estimate of drug-likeness (QED) is 0.193. The number of pyridine rings is 2. The molecule has 0 fully saturated rings. The Bertz CT molecular complexity index is 1860. The lowest BCUT2D eigenvalue weighted by Crippen LogP contribution is -2.33. The second-order valence-corrected chi connectivity index (χ2v) is 9.37. The van der Waals surface area contributed by atoms with E-state index in [0.717, 1.165) is 0 Å². The number of nitrogens with zero attached hydrogens (tertiary/aromatic N) is 4. The maximum Gasteiger partial charge on any atom is 0.341 e. The molecule has 0 atom stereocenters. The molecule has 12 heteroatoms. The molecule has 40 heavy (non-hydrogen) atoms. The van der Waals surface area contributed by atoms with Crippen LogP contribution in [0, 0.1) is 0 Å². The monoisotopic (exact) mass is 580 g/mol. The molecule has 0 bridgehead atoms. The smallest absolute Gasteiger partial charge is 0.341 e. The molecule has 0 saturated carbocycles. The van der Waals surface area contributed by atoms with Gasteiger partial charge in [-0.15, -0.1) is 0 Å². The van der Waals surface area contributed by atoms with Crippen molar-refractivity contribution in [2.75, 3.05) is 13.2 Å². The van der Waals surface area contributed by atoms with E-state index in [1.54, 1.807) is 55.6 Å². The molecule has 0 aliphatic carbocycles. The molecule has 5 rings (SSSR count). The molecule has 0 saturated heterocycles. The van der Waals surface area contributed by atoms with Crippen LogP contribution in [-0.2, 0) is 16.1 Å². The maximum absolute atomic E-state index is 13.4. The number of amides is 1. The van der Waals surface area contributed by atoms with Crippen LogP contribution in [0.25, 0.3) is 16.7 Å². The SMILES string of the molecule is CCOC(=O)c1cc2c(=O)n3ccccc3nc2n(Cc2ccco2)c1=NC(=O)CCOc1ccc(Cl)cc1Cl. The van der Waals surface area contributed by atoms with Crippen molar-refractivity contribution in [1.29, 1.82) is 0 Å². The van der Waals surface area contributed by atoms with Gasteiger partial charge in [-0.3, -0.25) is 14.0 Å². The van der Waals surface area contributed by atoms with E-state index in [2.05, 4.69) is 9.98 Å². The summed E-state index contributed by atoms with van der Waals surface area (Å²) >= 11 is 12.1. The summed E-state index contributed by atoms with van der Waals surface area (Å²) in [5, 5.41) is 0.899. The van der Waals surface area contributed by atoms with Gasteiger partial charge in [-0.05, 0) is 55.5 Å². The van der Waals surface area contributed by atoms with Gasteiger partial charge in [0.15, 0.2) is 5.49 Å². The first-order valence-electron chi connectivity index (χ1n) is 12.3. The standard InChI is InChI=1S/C28H22Cl2N4O6/c1-2-38-28(37)20-15-19-25(31-23-7-3-4-11-33(23)27(19)36)34(16-18-6-5-12-39-18)26(20)32-24(35)10-13-40-22-9-8-17(29)14-21(22)30/h3-9,11-12,14-15H,2,10,13,16H2,1H3. The van der Waals surface area contributed by atoms with E-state index < -0.39 is 17.4 Å². The zero-order chi connectivity index (χ0) is 28.2. The first kappa shape index (κ1) is 27.2. The number of halogens is 2. The van der Waals surface area contributed by atoms with Crippen LogP contribution in [0.4, 0.5) is 0 Å². The number of ether oxygens (including phenoxy) is 2. The largest absolute Gasteiger partial charge is 0.491 e. The van der Waals surface area contributed by atoms with Crippen molar-refractivity contribution in [3.63, 3.8) is 0 Å². The third kappa shape index (κ3) is 5.63. The average molecular weight is 581 g/mol. The number of esters is 1. The molecule has 5 aromatic rings. The van der Waals surface area contributed by atoms with Gasteiger partial charge in [-0.2, -0.15) is 4.99 Å². The number of benzene rings is 1. The maximum atomic E-state index is 13.4. The number of hydrogen-bond donors (Lipinski definition) is 0. The predicted octanol–water partition coefficient (Wildman–Crippen LogP) is 4.67. The Hall–Kier alpha value is -4.41. The molecule has 1 aromatic carbocycles. The lowest BCUT2D eigenvalue weighted by atomic mass is 10.2. The first-order chi connectivity index (χ1) is 19.4. The Kier molecular flexibility index (Phi) is 7.99. The van der Waals surface area contributed by atoms with Gasteiger partial charge in [0, 0.05) is 11.2 Å². The van der Waals surface area contributed by atoms with Crippen LogP contribution in [0.3, 0.4) is 0 Å². The van der Waals surface area contributed by atoms with Crippen LogP contribution < -0.4 is 15.8 Å². The Balaban J connectivity index is 1.65. The molecule has 0 radical (unpaired) electrons. The van der Waals surface area contributed by atoms with Crippen LogP contribution in [-0.4, -0.2) is 39.0 Å². The van der Waals surface area contributed by atoms with Gasteiger partial charge in [-0.25, -0.2) is 9.78 Å². The fourth-order valence-corrected chi connectivity index (χ4v) is 4.54. The predicted molar refractivity (Wildman–Crippen MR) is 148 cm³/mol. The fourth-order valence-electron chi connectivity index (χ4n) is 4.08. The highest BCUT2D eigenvalue weighted by Crippen LogP contribution is 2.27. The number of aromatic nitrogens is 3. The molecule has 1 amide bonds. The number of furan rings is 1. The molecule has 4 aromatic heterocycles. The molecule has 0 aliphatic heterocycles. The normalized spacial score (nSPS) is 11.7. The minimum absolute atomic E-state index is 0.0240. The van der Waals surface area contributed by atoms with Crippen molar-refractivity contribution in [3.8, 4) is 5.75 Å². The molecule has 0 spiro atoms. The molecule has 10 nitrogen and oxygen atoms in total. The summed E-state index contributed by atoms with van der Waals surface area (Å²) in [6.45, 7) is 1.73. The summed E-state index contributed by atoms with van der Waals surface area (Å²) in [4.78, 5) is 48.5. The number of carbonyl (C=O) groups is 2. The van der Waals surface area contributed by atoms with Gasteiger partial charge in [0.1, 0.15) is 28.4 Å². The number of carbonyl (C=O) groups excluding carboxylic acids is 2. The highest BCUT2D eigenvalue weighted by molar-refractivity contribution is 6.35. The van der Waals surface area contributed by atoms with E-state index in [1.807, 2.05) is 0 Å². The highest BCUT2D eigenvalue weighted by Gasteiger charge is 2.21. The van der Waals surface area contributed by atoms with Gasteiger partial charge in [0.25, 0.3) is 11.5 Å². The Morgan fingerprint density at radius 1 is 1.10 bits per heavy atom.